The summed E-state index contributed by atoms with van der Waals surface area (Å²) in [6.07, 6.45) is 1.34. The monoisotopic (exact) mass is 472 g/mol. The third-order valence-electron chi connectivity index (χ3n) is 5.11. The Balaban J connectivity index is 1.71. The number of carbonyl (C=O) groups excluding carboxylic acids is 1. The topological polar surface area (TPSA) is 123 Å². The van der Waals surface area contributed by atoms with Crippen molar-refractivity contribution in [3.8, 4) is 10.4 Å². The van der Waals surface area contributed by atoms with Crippen LogP contribution >= 0.6 is 11.3 Å². The van der Waals surface area contributed by atoms with E-state index in [1.54, 1.807) is 6.07 Å². The van der Waals surface area contributed by atoms with E-state index in [1.165, 1.54) is 40.8 Å². The van der Waals surface area contributed by atoms with E-state index in [4.69, 9.17) is 0 Å². The first-order valence-electron chi connectivity index (χ1n) is 9.82. The molecule has 1 aromatic heterocycles. The Morgan fingerprint density at radius 2 is 2.03 bits per heavy atom. The summed E-state index contributed by atoms with van der Waals surface area (Å²) in [6.45, 7) is 3.57. The molecule has 0 atom stereocenters. The van der Waals surface area contributed by atoms with Gasteiger partial charge in [-0.05, 0) is 49.1 Å². The molecule has 2 aromatic carbocycles. The van der Waals surface area contributed by atoms with E-state index in [1.807, 2.05) is 19.1 Å². The van der Waals surface area contributed by atoms with Gasteiger partial charge in [0.2, 0.25) is 5.91 Å². The molecule has 0 spiro atoms. The molecule has 0 aliphatic carbocycles. The maximum atomic E-state index is 13.3. The molecule has 11 heteroatoms. The number of rotatable bonds is 5. The van der Waals surface area contributed by atoms with Gasteiger partial charge < -0.3 is 5.32 Å². The van der Waals surface area contributed by atoms with Crippen LogP contribution in [0.2, 0.25) is 0 Å². The lowest BCUT2D eigenvalue weighted by Gasteiger charge is -2.30. The third kappa shape index (κ3) is 4.08. The first-order chi connectivity index (χ1) is 15.2. The Kier molecular flexibility index (Phi) is 5.70. The maximum absolute atomic E-state index is 13.3. The highest BCUT2D eigenvalue weighted by molar-refractivity contribution is 7.92. The molecule has 1 aliphatic heterocycles. The Morgan fingerprint density at radius 3 is 2.75 bits per heavy atom. The van der Waals surface area contributed by atoms with E-state index in [0.717, 1.165) is 27.8 Å². The van der Waals surface area contributed by atoms with Crippen molar-refractivity contribution < 1.29 is 18.1 Å². The standard InChI is InChI=1S/C21H20N4O5S2/c1-13-20(31-21(22-13)23-14(2)26)16-8-9-19-15(11-16)5-4-10-24(19)32(29,30)18-7-3-6-17(12-18)25(27)28/h3,6-9,11-12H,4-5,10H2,1-2H3,(H,22,23,26). The summed E-state index contributed by atoms with van der Waals surface area (Å²) < 4.78 is 27.9. The number of nitro benzene ring substituents is 1. The molecular formula is C21H20N4O5S2. The molecule has 166 valence electrons. The van der Waals surface area contributed by atoms with Gasteiger partial charge in [0.15, 0.2) is 5.13 Å². The molecule has 3 aromatic rings. The molecule has 1 amide bonds. The minimum Gasteiger partial charge on any atom is -0.302 e. The third-order valence-corrected chi connectivity index (χ3v) is 8.04. The van der Waals surface area contributed by atoms with Crippen molar-refractivity contribution in [3.63, 3.8) is 0 Å². The molecule has 0 saturated heterocycles. The van der Waals surface area contributed by atoms with Gasteiger partial charge in [0.05, 0.1) is 26.1 Å². The molecule has 32 heavy (non-hydrogen) atoms. The lowest BCUT2D eigenvalue weighted by atomic mass is 10.00. The summed E-state index contributed by atoms with van der Waals surface area (Å²) in [4.78, 5) is 27.0. The van der Waals surface area contributed by atoms with Gasteiger partial charge in [-0.25, -0.2) is 13.4 Å². The number of aromatic nitrogens is 1. The van der Waals surface area contributed by atoms with Gasteiger partial charge in [-0.2, -0.15) is 0 Å². The zero-order chi connectivity index (χ0) is 23.0. The predicted octanol–water partition coefficient (Wildman–Crippen LogP) is 4.13. The van der Waals surface area contributed by atoms with E-state index < -0.39 is 14.9 Å². The smallest absolute Gasteiger partial charge is 0.270 e. The zero-order valence-corrected chi connectivity index (χ0v) is 19.0. The SMILES string of the molecule is CC(=O)Nc1nc(C)c(-c2ccc3c(c2)CCCN3S(=O)(=O)c2cccc([N+](=O)[O-])c2)s1. The minimum absolute atomic E-state index is 0.109. The van der Waals surface area contributed by atoms with Crippen LogP contribution in [0.5, 0.6) is 0 Å². The van der Waals surface area contributed by atoms with Gasteiger partial charge in [-0.15, -0.1) is 0 Å². The molecule has 4 rings (SSSR count). The minimum atomic E-state index is -3.95. The van der Waals surface area contributed by atoms with E-state index in [9.17, 15) is 23.3 Å². The van der Waals surface area contributed by atoms with E-state index >= 15 is 0 Å². The number of sulfonamides is 1. The molecule has 1 N–H and O–H groups in total. The van der Waals surface area contributed by atoms with Crippen LogP contribution in [0.4, 0.5) is 16.5 Å². The highest BCUT2D eigenvalue weighted by Crippen LogP contribution is 2.38. The van der Waals surface area contributed by atoms with Gasteiger partial charge in [0.1, 0.15) is 0 Å². The van der Waals surface area contributed by atoms with Gasteiger partial charge in [0.25, 0.3) is 15.7 Å². The average molecular weight is 473 g/mol. The number of amides is 1. The van der Waals surface area contributed by atoms with Crippen LogP contribution in [0, 0.1) is 17.0 Å². The molecule has 1 aliphatic rings. The van der Waals surface area contributed by atoms with Crippen LogP contribution in [0.15, 0.2) is 47.4 Å². The van der Waals surface area contributed by atoms with Gasteiger partial charge in [-0.3, -0.25) is 19.2 Å². The number of fused-ring (bicyclic) bond motifs is 1. The molecule has 0 bridgehead atoms. The number of non-ortho nitro benzene ring substituents is 1. The molecular weight excluding hydrogens is 452 g/mol. The predicted molar refractivity (Wildman–Crippen MR) is 123 cm³/mol. The molecule has 0 radical (unpaired) electrons. The van der Waals surface area contributed by atoms with Crippen LogP contribution in [-0.4, -0.2) is 30.8 Å². The van der Waals surface area contributed by atoms with Gasteiger partial charge in [0, 0.05) is 25.6 Å². The lowest BCUT2D eigenvalue weighted by Crippen LogP contribution is -2.35. The maximum Gasteiger partial charge on any atom is 0.270 e. The number of benzene rings is 2. The van der Waals surface area contributed by atoms with Crippen molar-refractivity contribution in [2.24, 2.45) is 0 Å². The van der Waals surface area contributed by atoms with E-state index in [0.29, 0.717) is 30.2 Å². The number of carbonyl (C=O) groups is 1. The average Bonchev–Trinajstić information content (AvgIpc) is 3.12. The quantitative estimate of drug-likeness (QED) is 0.440. The van der Waals surface area contributed by atoms with Crippen LogP contribution in [0.3, 0.4) is 0 Å². The van der Waals surface area contributed by atoms with Crippen LogP contribution in [0.25, 0.3) is 10.4 Å². The second-order valence-electron chi connectivity index (χ2n) is 7.39. The summed E-state index contributed by atoms with van der Waals surface area (Å²) >= 11 is 1.36. The van der Waals surface area contributed by atoms with Crippen LogP contribution in [0.1, 0.15) is 24.6 Å². The number of aryl methyl sites for hydroxylation is 2. The molecule has 9 nitrogen and oxygen atoms in total. The van der Waals surface area contributed by atoms with E-state index in [2.05, 4.69) is 10.3 Å². The second kappa shape index (κ2) is 8.32. The fourth-order valence-corrected chi connectivity index (χ4v) is 6.30. The fraction of sp³-hybridized carbons (Fsp3) is 0.238. The fourth-order valence-electron chi connectivity index (χ4n) is 3.71. The van der Waals surface area contributed by atoms with Crippen molar-refractivity contribution >= 4 is 43.8 Å². The second-order valence-corrected chi connectivity index (χ2v) is 10.3. The number of thiazole rings is 1. The molecule has 0 fully saturated rings. The first-order valence-corrected chi connectivity index (χ1v) is 12.1. The summed E-state index contributed by atoms with van der Waals surface area (Å²) in [5, 5.41) is 14.3. The Labute approximate surface area is 188 Å². The van der Waals surface area contributed by atoms with Crippen molar-refractivity contribution in [2.45, 2.75) is 31.6 Å². The molecule has 2 heterocycles. The van der Waals surface area contributed by atoms with E-state index in [-0.39, 0.29) is 16.5 Å². The van der Waals surface area contributed by atoms with Crippen molar-refractivity contribution in [2.75, 3.05) is 16.2 Å². The highest BCUT2D eigenvalue weighted by Gasteiger charge is 2.30. The van der Waals surface area contributed by atoms with Crippen molar-refractivity contribution in [1.82, 2.24) is 4.98 Å². The number of hydrogen-bond donors (Lipinski definition) is 1. The normalized spacial score (nSPS) is 13.5. The first kappa shape index (κ1) is 21.9. The zero-order valence-electron chi connectivity index (χ0n) is 17.4. The van der Waals surface area contributed by atoms with Crippen LogP contribution < -0.4 is 9.62 Å². The number of nitrogens with one attached hydrogen (secondary N) is 1. The van der Waals surface area contributed by atoms with Crippen molar-refractivity contribution in [3.05, 3.63) is 63.8 Å². The van der Waals surface area contributed by atoms with Crippen molar-refractivity contribution in [1.29, 1.82) is 0 Å². The number of anilines is 2. The molecule has 0 saturated carbocycles. The largest absolute Gasteiger partial charge is 0.302 e. The van der Waals surface area contributed by atoms with Gasteiger partial charge >= 0.3 is 0 Å². The Hall–Kier alpha value is -3.31. The highest BCUT2D eigenvalue weighted by atomic mass is 32.2. The summed E-state index contributed by atoms with van der Waals surface area (Å²) in [5.74, 6) is -0.197. The Morgan fingerprint density at radius 1 is 1.25 bits per heavy atom. The van der Waals surface area contributed by atoms with Crippen LogP contribution in [-0.2, 0) is 21.2 Å². The molecule has 0 unspecified atom stereocenters. The number of hydrogen-bond acceptors (Lipinski definition) is 7. The lowest BCUT2D eigenvalue weighted by molar-refractivity contribution is -0.385. The number of nitro groups is 1. The van der Waals surface area contributed by atoms with Gasteiger partial charge in [-0.1, -0.05) is 23.5 Å². The number of nitrogens with zero attached hydrogens (tertiary/aromatic N) is 3. The summed E-state index contributed by atoms with van der Waals surface area (Å²) in [7, 11) is -3.95. The summed E-state index contributed by atoms with van der Waals surface area (Å²) in [5.41, 5.74) is 2.84. The Bertz CT molecular complexity index is 1330. The summed E-state index contributed by atoms with van der Waals surface area (Å²) in [6, 6.07) is 10.6.